The van der Waals surface area contributed by atoms with Crippen molar-refractivity contribution < 1.29 is 14.3 Å². The molecule has 128 valence electrons. The lowest BCUT2D eigenvalue weighted by molar-refractivity contribution is -0.117. The third-order valence-electron chi connectivity index (χ3n) is 4.47. The zero-order valence-corrected chi connectivity index (χ0v) is 14.6. The number of nitrogens with one attached hydrogen (secondary N) is 1. The lowest BCUT2D eigenvalue weighted by Gasteiger charge is -2.33. The first-order chi connectivity index (χ1) is 12.0. The van der Waals surface area contributed by atoms with Gasteiger partial charge in [-0.2, -0.15) is 0 Å². The van der Waals surface area contributed by atoms with Gasteiger partial charge in [0, 0.05) is 6.54 Å². The van der Waals surface area contributed by atoms with E-state index < -0.39 is 5.97 Å². The molecule has 4 rings (SSSR count). The van der Waals surface area contributed by atoms with E-state index in [1.54, 1.807) is 30.3 Å². The van der Waals surface area contributed by atoms with Gasteiger partial charge in [0.15, 0.2) is 5.75 Å². The standard InChI is InChI=1S/C18H14Cl2N2O3/c19-11-3-1-5-15(16(11)20)25-18(24)10-6-7-13-12(9-10)21-17(23)14-4-2-8-22(13)14/h1,3,5-7,9,14H,2,4,8H2,(H,21,23)/t14-/m1/s1. The fourth-order valence-electron chi connectivity index (χ4n) is 3.28. The van der Waals surface area contributed by atoms with E-state index in [0.717, 1.165) is 25.1 Å². The first kappa shape index (κ1) is 16.2. The van der Waals surface area contributed by atoms with Gasteiger partial charge in [0.1, 0.15) is 11.1 Å². The highest BCUT2D eigenvalue weighted by molar-refractivity contribution is 6.43. The number of amides is 1. The fourth-order valence-corrected chi connectivity index (χ4v) is 3.61. The van der Waals surface area contributed by atoms with E-state index in [9.17, 15) is 9.59 Å². The number of carbonyl (C=O) groups is 2. The third-order valence-corrected chi connectivity index (χ3v) is 5.28. The minimum atomic E-state index is -0.565. The molecular weight excluding hydrogens is 363 g/mol. The van der Waals surface area contributed by atoms with Gasteiger partial charge < -0.3 is 15.0 Å². The molecule has 2 heterocycles. The van der Waals surface area contributed by atoms with Gasteiger partial charge in [-0.05, 0) is 43.2 Å². The van der Waals surface area contributed by atoms with Crippen LogP contribution in [0.1, 0.15) is 23.2 Å². The smallest absolute Gasteiger partial charge is 0.343 e. The molecule has 5 nitrogen and oxygen atoms in total. The number of rotatable bonds is 2. The number of anilines is 2. The largest absolute Gasteiger partial charge is 0.421 e. The Bertz CT molecular complexity index is 885. The Morgan fingerprint density at radius 3 is 2.92 bits per heavy atom. The maximum absolute atomic E-state index is 12.4. The van der Waals surface area contributed by atoms with Crippen molar-refractivity contribution in [3.63, 3.8) is 0 Å². The molecule has 0 bridgehead atoms. The van der Waals surface area contributed by atoms with Gasteiger partial charge in [0.05, 0.1) is 22.0 Å². The Morgan fingerprint density at radius 1 is 1.24 bits per heavy atom. The van der Waals surface area contributed by atoms with Crippen LogP contribution in [0.4, 0.5) is 11.4 Å². The van der Waals surface area contributed by atoms with Crippen molar-refractivity contribution in [3.05, 3.63) is 52.0 Å². The Balaban J connectivity index is 1.62. The molecule has 0 radical (unpaired) electrons. The van der Waals surface area contributed by atoms with Crippen LogP contribution in [0.25, 0.3) is 0 Å². The number of nitrogens with zero attached hydrogens (tertiary/aromatic N) is 1. The van der Waals surface area contributed by atoms with Crippen LogP contribution in [0, 0.1) is 0 Å². The minimum absolute atomic E-state index is 0.0339. The summed E-state index contributed by atoms with van der Waals surface area (Å²) in [5.74, 6) is -0.404. The van der Waals surface area contributed by atoms with Gasteiger partial charge in [-0.15, -0.1) is 0 Å². The predicted octanol–water partition coefficient (Wildman–Crippen LogP) is 4.13. The summed E-state index contributed by atoms with van der Waals surface area (Å²) in [6, 6.07) is 9.87. The molecule has 0 saturated carbocycles. The molecule has 0 unspecified atom stereocenters. The van der Waals surface area contributed by atoms with Crippen LogP contribution in [0.15, 0.2) is 36.4 Å². The number of benzene rings is 2. The first-order valence-electron chi connectivity index (χ1n) is 7.92. The van der Waals surface area contributed by atoms with Gasteiger partial charge in [-0.1, -0.05) is 29.3 Å². The minimum Gasteiger partial charge on any atom is -0.421 e. The maximum Gasteiger partial charge on any atom is 0.343 e. The zero-order valence-electron chi connectivity index (χ0n) is 13.1. The van der Waals surface area contributed by atoms with Crippen LogP contribution in [0.3, 0.4) is 0 Å². The van der Waals surface area contributed by atoms with Gasteiger partial charge in [0.2, 0.25) is 5.91 Å². The molecule has 2 aliphatic rings. The molecule has 2 aromatic carbocycles. The maximum atomic E-state index is 12.4. The van der Waals surface area contributed by atoms with Gasteiger partial charge >= 0.3 is 5.97 Å². The topological polar surface area (TPSA) is 58.6 Å². The molecule has 0 aliphatic carbocycles. The van der Waals surface area contributed by atoms with E-state index >= 15 is 0 Å². The van der Waals surface area contributed by atoms with Gasteiger partial charge in [0.25, 0.3) is 0 Å². The van der Waals surface area contributed by atoms with Crippen LogP contribution in [-0.2, 0) is 4.79 Å². The fraction of sp³-hybridized carbons (Fsp3) is 0.222. The Hall–Kier alpha value is -2.24. The molecule has 25 heavy (non-hydrogen) atoms. The second kappa shape index (κ2) is 6.24. The summed E-state index contributed by atoms with van der Waals surface area (Å²) < 4.78 is 5.33. The monoisotopic (exact) mass is 376 g/mol. The number of carbonyl (C=O) groups excluding carboxylic acids is 2. The average Bonchev–Trinajstić information content (AvgIpc) is 3.09. The van der Waals surface area contributed by atoms with Crippen molar-refractivity contribution in [1.29, 1.82) is 0 Å². The van der Waals surface area contributed by atoms with E-state index in [1.165, 1.54) is 0 Å². The van der Waals surface area contributed by atoms with Crippen LogP contribution < -0.4 is 15.0 Å². The number of esters is 1. The number of fused-ring (bicyclic) bond motifs is 3. The van der Waals surface area contributed by atoms with E-state index in [2.05, 4.69) is 10.2 Å². The number of halogens is 2. The average molecular weight is 377 g/mol. The van der Waals surface area contributed by atoms with E-state index in [0.29, 0.717) is 16.3 Å². The van der Waals surface area contributed by atoms with Crippen molar-refractivity contribution >= 4 is 46.5 Å². The summed E-state index contributed by atoms with van der Waals surface area (Å²) in [5, 5.41) is 3.37. The second-order valence-corrected chi connectivity index (χ2v) is 6.80. The SMILES string of the molecule is O=C(Oc1cccc(Cl)c1Cl)c1ccc2c(c1)NC(=O)[C@H]1CCCN21. The summed E-state index contributed by atoms with van der Waals surface area (Å²) in [7, 11) is 0. The lowest BCUT2D eigenvalue weighted by atomic mass is 10.1. The summed E-state index contributed by atoms with van der Waals surface area (Å²) in [6.45, 7) is 0.840. The number of hydrogen-bond donors (Lipinski definition) is 1. The Kier molecular flexibility index (Phi) is 4.06. The Labute approximate surface area is 154 Å². The Morgan fingerprint density at radius 2 is 2.08 bits per heavy atom. The van der Waals surface area contributed by atoms with Gasteiger partial charge in [-0.25, -0.2) is 4.79 Å². The van der Waals surface area contributed by atoms with E-state index in [-0.39, 0.29) is 22.7 Å². The number of ether oxygens (including phenoxy) is 1. The second-order valence-electron chi connectivity index (χ2n) is 6.01. The highest BCUT2D eigenvalue weighted by Gasteiger charge is 2.36. The molecule has 0 aromatic heterocycles. The lowest BCUT2D eigenvalue weighted by Crippen LogP contribution is -2.43. The zero-order chi connectivity index (χ0) is 17.6. The first-order valence-corrected chi connectivity index (χ1v) is 8.68. The molecule has 0 spiro atoms. The summed E-state index contributed by atoms with van der Waals surface area (Å²) >= 11 is 12.0. The molecule has 2 aliphatic heterocycles. The normalized spacial score (nSPS) is 18.4. The molecular formula is C18H14Cl2N2O3. The summed E-state index contributed by atoms with van der Waals surface area (Å²) in [6.07, 6.45) is 1.83. The molecule has 1 saturated heterocycles. The van der Waals surface area contributed by atoms with Crippen LogP contribution >= 0.6 is 23.2 Å². The molecule has 1 amide bonds. The molecule has 1 fully saturated rings. The predicted molar refractivity (Wildman–Crippen MR) is 96.9 cm³/mol. The molecule has 1 atom stereocenters. The van der Waals surface area contributed by atoms with E-state index in [1.807, 2.05) is 6.07 Å². The van der Waals surface area contributed by atoms with Crippen molar-refractivity contribution in [2.45, 2.75) is 18.9 Å². The quantitative estimate of drug-likeness (QED) is 0.632. The van der Waals surface area contributed by atoms with Gasteiger partial charge in [-0.3, -0.25) is 4.79 Å². The highest BCUT2D eigenvalue weighted by atomic mass is 35.5. The molecule has 2 aromatic rings. The van der Waals surface area contributed by atoms with Crippen LogP contribution in [0.2, 0.25) is 10.0 Å². The van der Waals surface area contributed by atoms with Crippen LogP contribution in [0.5, 0.6) is 5.75 Å². The molecule has 1 N–H and O–H groups in total. The summed E-state index contributed by atoms with van der Waals surface area (Å²) in [4.78, 5) is 26.7. The van der Waals surface area contributed by atoms with Crippen molar-refractivity contribution in [2.24, 2.45) is 0 Å². The van der Waals surface area contributed by atoms with Crippen LogP contribution in [-0.4, -0.2) is 24.5 Å². The van der Waals surface area contributed by atoms with Crippen molar-refractivity contribution in [3.8, 4) is 5.75 Å². The number of hydrogen-bond acceptors (Lipinski definition) is 4. The van der Waals surface area contributed by atoms with E-state index in [4.69, 9.17) is 27.9 Å². The third kappa shape index (κ3) is 2.83. The highest BCUT2D eigenvalue weighted by Crippen LogP contribution is 2.37. The molecule has 7 heteroatoms. The van der Waals surface area contributed by atoms with Crippen molar-refractivity contribution in [2.75, 3.05) is 16.8 Å². The van der Waals surface area contributed by atoms with Crippen molar-refractivity contribution in [1.82, 2.24) is 0 Å². The summed E-state index contributed by atoms with van der Waals surface area (Å²) in [5.41, 5.74) is 1.88.